The van der Waals surface area contributed by atoms with Gasteiger partial charge in [0.1, 0.15) is 11.4 Å². The summed E-state index contributed by atoms with van der Waals surface area (Å²) in [6, 6.07) is 15.1. The summed E-state index contributed by atoms with van der Waals surface area (Å²) in [5.41, 5.74) is 4.67. The summed E-state index contributed by atoms with van der Waals surface area (Å²) in [7, 11) is -3.26. The molecule has 0 atom stereocenters. The van der Waals surface area contributed by atoms with Gasteiger partial charge in [0.15, 0.2) is 0 Å². The molecule has 0 radical (unpaired) electrons. The number of ether oxygens (including phenoxy) is 1. The average Bonchev–Trinajstić information content (AvgIpc) is 2.73. The molecule has 2 aliphatic heterocycles. The molecule has 5 nitrogen and oxygen atoms in total. The number of nitrogens with zero attached hydrogens (tertiary/aromatic N) is 1. The highest BCUT2D eigenvalue weighted by molar-refractivity contribution is 7.92. The summed E-state index contributed by atoms with van der Waals surface area (Å²) < 4.78 is 32.1. The maximum absolute atomic E-state index is 11.5. The van der Waals surface area contributed by atoms with Crippen LogP contribution in [0.4, 0.5) is 5.69 Å². The highest BCUT2D eigenvalue weighted by atomic mass is 32.2. The number of aryl methyl sites for hydroxylation is 1. The summed E-state index contributed by atoms with van der Waals surface area (Å²) in [5.74, 6) is 0.922. The van der Waals surface area contributed by atoms with E-state index in [-0.39, 0.29) is 5.60 Å². The molecular formula is C24H30N2O3S. The molecule has 0 aromatic heterocycles. The molecule has 5 rings (SSSR count). The highest BCUT2D eigenvalue weighted by Gasteiger charge is 2.41. The van der Waals surface area contributed by atoms with Gasteiger partial charge in [0.25, 0.3) is 0 Å². The van der Waals surface area contributed by atoms with Crippen molar-refractivity contribution in [1.29, 1.82) is 0 Å². The summed E-state index contributed by atoms with van der Waals surface area (Å²) in [6.45, 7) is 2.24. The summed E-state index contributed by atoms with van der Waals surface area (Å²) in [6.07, 6.45) is 8.85. The van der Waals surface area contributed by atoms with Crippen molar-refractivity contribution in [2.45, 2.75) is 63.1 Å². The molecule has 3 aliphatic rings. The van der Waals surface area contributed by atoms with E-state index in [2.05, 4.69) is 33.9 Å². The second-order valence-corrected chi connectivity index (χ2v) is 11.0. The van der Waals surface area contributed by atoms with E-state index in [0.29, 0.717) is 11.7 Å². The number of rotatable bonds is 3. The van der Waals surface area contributed by atoms with Crippen LogP contribution in [0.5, 0.6) is 5.75 Å². The van der Waals surface area contributed by atoms with Gasteiger partial charge in [0, 0.05) is 24.8 Å². The van der Waals surface area contributed by atoms with Crippen molar-refractivity contribution < 1.29 is 13.2 Å². The molecule has 1 aliphatic carbocycles. The van der Waals surface area contributed by atoms with Crippen LogP contribution in [0.15, 0.2) is 42.5 Å². The van der Waals surface area contributed by atoms with Gasteiger partial charge in [-0.05, 0) is 79.8 Å². The molecule has 2 aromatic rings. The normalized spacial score (nSPS) is 26.5. The van der Waals surface area contributed by atoms with E-state index in [4.69, 9.17) is 4.74 Å². The number of hydrogen-bond acceptors (Lipinski definition) is 4. The van der Waals surface area contributed by atoms with E-state index in [1.54, 1.807) is 6.07 Å². The monoisotopic (exact) mass is 426 g/mol. The van der Waals surface area contributed by atoms with E-state index >= 15 is 0 Å². The van der Waals surface area contributed by atoms with Gasteiger partial charge in [-0.25, -0.2) is 8.42 Å². The Bertz CT molecular complexity index is 1040. The largest absolute Gasteiger partial charge is 0.487 e. The maximum atomic E-state index is 11.5. The lowest BCUT2D eigenvalue weighted by Crippen LogP contribution is -2.49. The van der Waals surface area contributed by atoms with Crippen molar-refractivity contribution in [2.75, 3.05) is 17.5 Å². The van der Waals surface area contributed by atoms with Crippen LogP contribution in [0.3, 0.4) is 0 Å². The van der Waals surface area contributed by atoms with Crippen LogP contribution >= 0.6 is 0 Å². The molecular weight excluding hydrogens is 396 g/mol. The Morgan fingerprint density at radius 3 is 2.53 bits per heavy atom. The SMILES string of the molecule is CS(=O)(=O)Nc1ccc2c(c1)CCC1(CCC(N3CCc4ccccc4C3)CC1)O2. The zero-order valence-corrected chi connectivity index (χ0v) is 18.4. The van der Waals surface area contributed by atoms with E-state index in [1.807, 2.05) is 12.1 Å². The first-order chi connectivity index (χ1) is 14.4. The average molecular weight is 427 g/mol. The maximum Gasteiger partial charge on any atom is 0.229 e. The lowest BCUT2D eigenvalue weighted by atomic mass is 9.76. The number of anilines is 1. The van der Waals surface area contributed by atoms with Crippen LogP contribution in [-0.2, 0) is 29.4 Å². The van der Waals surface area contributed by atoms with E-state index in [0.717, 1.165) is 56.5 Å². The van der Waals surface area contributed by atoms with Gasteiger partial charge >= 0.3 is 0 Å². The minimum absolute atomic E-state index is 0.0526. The third kappa shape index (κ3) is 4.08. The second kappa shape index (κ2) is 7.57. The van der Waals surface area contributed by atoms with Crippen molar-refractivity contribution >= 4 is 15.7 Å². The molecule has 6 heteroatoms. The van der Waals surface area contributed by atoms with Crippen LogP contribution in [-0.4, -0.2) is 37.8 Å². The molecule has 2 aromatic carbocycles. The Hall–Kier alpha value is -2.05. The molecule has 1 spiro atoms. The van der Waals surface area contributed by atoms with Crippen LogP contribution in [0.1, 0.15) is 48.8 Å². The molecule has 1 saturated carbocycles. The lowest BCUT2D eigenvalue weighted by molar-refractivity contribution is -0.0161. The van der Waals surface area contributed by atoms with Crippen LogP contribution < -0.4 is 9.46 Å². The van der Waals surface area contributed by atoms with Gasteiger partial charge in [-0.2, -0.15) is 0 Å². The highest BCUT2D eigenvalue weighted by Crippen LogP contribution is 2.43. The Labute approximate surface area is 179 Å². The molecule has 1 N–H and O–H groups in total. The summed E-state index contributed by atoms with van der Waals surface area (Å²) >= 11 is 0. The van der Waals surface area contributed by atoms with Crippen LogP contribution in [0, 0.1) is 0 Å². The van der Waals surface area contributed by atoms with Gasteiger partial charge in [-0.3, -0.25) is 9.62 Å². The molecule has 30 heavy (non-hydrogen) atoms. The van der Waals surface area contributed by atoms with Gasteiger partial charge in [0.2, 0.25) is 10.0 Å². The van der Waals surface area contributed by atoms with Gasteiger partial charge in [0.05, 0.1) is 6.26 Å². The first kappa shape index (κ1) is 19.9. The lowest BCUT2D eigenvalue weighted by Gasteiger charge is -2.46. The van der Waals surface area contributed by atoms with E-state index < -0.39 is 10.0 Å². The van der Waals surface area contributed by atoms with Gasteiger partial charge in [-0.15, -0.1) is 0 Å². The van der Waals surface area contributed by atoms with Crippen LogP contribution in [0.25, 0.3) is 0 Å². The smallest absolute Gasteiger partial charge is 0.229 e. The zero-order chi connectivity index (χ0) is 20.8. The Morgan fingerprint density at radius 2 is 1.77 bits per heavy atom. The van der Waals surface area contributed by atoms with Crippen molar-refractivity contribution in [2.24, 2.45) is 0 Å². The fourth-order valence-corrected chi connectivity index (χ4v) is 6.03. The molecule has 0 bridgehead atoms. The fraction of sp³-hybridized carbons (Fsp3) is 0.500. The quantitative estimate of drug-likeness (QED) is 0.802. The Kier molecular flexibility index (Phi) is 5.02. The standard InChI is InChI=1S/C24H30N2O3S/c1-30(27,28)25-21-6-7-23-19(16-21)8-12-24(29-23)13-9-22(10-14-24)26-15-11-18-4-2-3-5-20(18)17-26/h2-7,16,22,25H,8-15,17H2,1H3. The molecule has 160 valence electrons. The fourth-order valence-electron chi connectivity index (χ4n) is 5.47. The Morgan fingerprint density at radius 1 is 1.00 bits per heavy atom. The van der Waals surface area contributed by atoms with E-state index in [1.165, 1.54) is 30.2 Å². The second-order valence-electron chi connectivity index (χ2n) is 9.20. The number of benzene rings is 2. The van der Waals surface area contributed by atoms with Gasteiger partial charge in [-0.1, -0.05) is 24.3 Å². The minimum Gasteiger partial charge on any atom is -0.487 e. The summed E-state index contributed by atoms with van der Waals surface area (Å²) in [4.78, 5) is 2.68. The first-order valence-electron chi connectivity index (χ1n) is 11.0. The zero-order valence-electron chi connectivity index (χ0n) is 17.6. The van der Waals surface area contributed by atoms with Crippen LogP contribution in [0.2, 0.25) is 0 Å². The summed E-state index contributed by atoms with van der Waals surface area (Å²) in [5, 5.41) is 0. The van der Waals surface area contributed by atoms with Crippen molar-refractivity contribution in [3.8, 4) is 5.75 Å². The third-order valence-corrected chi connectivity index (χ3v) is 7.69. The van der Waals surface area contributed by atoms with Crippen molar-refractivity contribution in [1.82, 2.24) is 4.90 Å². The van der Waals surface area contributed by atoms with E-state index in [9.17, 15) is 8.42 Å². The minimum atomic E-state index is -3.26. The topological polar surface area (TPSA) is 58.6 Å². The van der Waals surface area contributed by atoms with Crippen molar-refractivity contribution in [3.63, 3.8) is 0 Å². The molecule has 0 unspecified atom stereocenters. The number of hydrogen-bond donors (Lipinski definition) is 1. The predicted octanol–water partition coefficient (Wildman–Crippen LogP) is 4.12. The molecule has 2 heterocycles. The third-order valence-electron chi connectivity index (χ3n) is 7.08. The number of sulfonamides is 1. The Balaban J connectivity index is 1.23. The molecule has 1 fully saturated rings. The first-order valence-corrected chi connectivity index (χ1v) is 12.9. The molecule has 0 saturated heterocycles. The number of nitrogens with one attached hydrogen (secondary N) is 1. The predicted molar refractivity (Wildman–Crippen MR) is 119 cm³/mol. The van der Waals surface area contributed by atoms with Crippen molar-refractivity contribution in [3.05, 3.63) is 59.2 Å². The molecule has 0 amide bonds. The number of fused-ring (bicyclic) bond motifs is 2. The van der Waals surface area contributed by atoms with Gasteiger partial charge < -0.3 is 4.74 Å².